The molecule has 2 heterocycles. The number of hydrogen-bond donors (Lipinski definition) is 2. The van der Waals surface area contributed by atoms with Crippen LogP contribution in [0.2, 0.25) is 0 Å². The number of hydrogen-bond acceptors (Lipinski definition) is 6. The minimum Gasteiger partial charge on any atom is -0.369 e. The second kappa shape index (κ2) is 8.05. The molecule has 3 N–H and O–H groups in total. The van der Waals surface area contributed by atoms with E-state index in [1.807, 2.05) is 0 Å². The molecule has 1 aliphatic rings. The van der Waals surface area contributed by atoms with E-state index in [0.717, 1.165) is 15.8 Å². The normalized spacial score (nSPS) is 17.7. The zero-order chi connectivity index (χ0) is 19.6. The van der Waals surface area contributed by atoms with Crippen LogP contribution >= 0.6 is 27.3 Å². The number of carbonyl (C=O) groups excluding carboxylic acids is 2. The van der Waals surface area contributed by atoms with Gasteiger partial charge in [-0.05, 0) is 37.1 Å². The molecule has 1 aliphatic heterocycles. The number of nitrogens with one attached hydrogen (secondary N) is 1. The van der Waals surface area contributed by atoms with Gasteiger partial charge in [-0.15, -0.1) is 11.3 Å². The third-order valence-corrected chi connectivity index (χ3v) is 7.32. The van der Waals surface area contributed by atoms with E-state index in [2.05, 4.69) is 26.2 Å². The maximum Gasteiger partial charge on any atom is 0.244 e. The summed E-state index contributed by atoms with van der Waals surface area (Å²) in [7, 11) is -3.78. The summed E-state index contributed by atoms with van der Waals surface area (Å²) in [6.07, 6.45) is 1.01. The zero-order valence-corrected chi connectivity index (χ0v) is 17.3. The molecule has 1 atom stereocenters. The van der Waals surface area contributed by atoms with Gasteiger partial charge in [0.05, 0.1) is 17.0 Å². The number of carbonyl (C=O) groups is 2. The SMILES string of the molecule is NC(=O)Cc1csc(NC(=O)C2CCCN2S(=O)(=O)c2ccc(Br)cc2)n1. The Hall–Kier alpha value is -1.82. The molecule has 0 saturated carbocycles. The zero-order valence-electron chi connectivity index (χ0n) is 14.1. The van der Waals surface area contributed by atoms with Gasteiger partial charge in [-0.1, -0.05) is 15.9 Å². The van der Waals surface area contributed by atoms with E-state index in [0.29, 0.717) is 23.7 Å². The van der Waals surface area contributed by atoms with Crippen LogP contribution in [0.25, 0.3) is 0 Å². The topological polar surface area (TPSA) is 122 Å². The van der Waals surface area contributed by atoms with Crippen LogP contribution in [0.1, 0.15) is 18.5 Å². The highest BCUT2D eigenvalue weighted by atomic mass is 79.9. The van der Waals surface area contributed by atoms with Gasteiger partial charge in [0.2, 0.25) is 21.8 Å². The molecule has 1 aromatic carbocycles. The Morgan fingerprint density at radius 1 is 1.33 bits per heavy atom. The number of sulfonamides is 1. The molecule has 0 radical (unpaired) electrons. The number of nitrogens with two attached hydrogens (primary N) is 1. The summed E-state index contributed by atoms with van der Waals surface area (Å²) >= 11 is 4.44. The lowest BCUT2D eigenvalue weighted by molar-refractivity contribution is -0.119. The predicted molar refractivity (Wildman–Crippen MR) is 105 cm³/mol. The molecule has 0 spiro atoms. The minimum atomic E-state index is -3.78. The Balaban J connectivity index is 1.75. The summed E-state index contributed by atoms with van der Waals surface area (Å²) in [5, 5.41) is 4.58. The molecule has 2 aromatic rings. The van der Waals surface area contributed by atoms with Gasteiger partial charge in [0.1, 0.15) is 6.04 Å². The molecule has 1 unspecified atom stereocenters. The number of amides is 2. The summed E-state index contributed by atoms with van der Waals surface area (Å²) in [5.41, 5.74) is 5.59. The number of benzene rings is 1. The molecule has 144 valence electrons. The Kier molecular flexibility index (Phi) is 5.94. The maximum atomic E-state index is 12.9. The lowest BCUT2D eigenvalue weighted by Gasteiger charge is -2.23. The van der Waals surface area contributed by atoms with Gasteiger partial charge in [-0.25, -0.2) is 13.4 Å². The van der Waals surface area contributed by atoms with Crippen molar-refractivity contribution in [3.8, 4) is 0 Å². The van der Waals surface area contributed by atoms with Crippen molar-refractivity contribution in [2.75, 3.05) is 11.9 Å². The molecule has 2 amide bonds. The molecular weight excluding hydrogens is 456 g/mol. The van der Waals surface area contributed by atoms with Crippen molar-refractivity contribution < 1.29 is 18.0 Å². The number of primary amides is 1. The van der Waals surface area contributed by atoms with Crippen molar-refractivity contribution in [1.82, 2.24) is 9.29 Å². The summed E-state index contributed by atoms with van der Waals surface area (Å²) in [5.74, 6) is -0.950. The smallest absolute Gasteiger partial charge is 0.244 e. The summed E-state index contributed by atoms with van der Waals surface area (Å²) in [6, 6.07) is 5.50. The largest absolute Gasteiger partial charge is 0.369 e. The first-order valence-corrected chi connectivity index (χ1v) is 11.2. The minimum absolute atomic E-state index is 0.0140. The third kappa shape index (κ3) is 4.54. The maximum absolute atomic E-state index is 12.9. The number of anilines is 1. The quantitative estimate of drug-likeness (QED) is 0.662. The van der Waals surface area contributed by atoms with Gasteiger partial charge in [-0.3, -0.25) is 9.59 Å². The summed E-state index contributed by atoms with van der Waals surface area (Å²) in [6.45, 7) is 0.279. The van der Waals surface area contributed by atoms with Crippen LogP contribution in [-0.4, -0.2) is 42.1 Å². The van der Waals surface area contributed by atoms with Crippen LogP contribution in [0, 0.1) is 0 Å². The van der Waals surface area contributed by atoms with Gasteiger partial charge in [0.25, 0.3) is 0 Å². The first kappa shape index (κ1) is 19.9. The highest BCUT2D eigenvalue weighted by molar-refractivity contribution is 9.10. The van der Waals surface area contributed by atoms with Crippen LogP contribution < -0.4 is 11.1 Å². The fourth-order valence-corrected chi connectivity index (χ4v) is 5.48. The molecule has 8 nitrogen and oxygen atoms in total. The van der Waals surface area contributed by atoms with E-state index >= 15 is 0 Å². The van der Waals surface area contributed by atoms with Crippen molar-refractivity contribution in [3.63, 3.8) is 0 Å². The predicted octanol–water partition coefficient (Wildman–Crippen LogP) is 1.73. The molecule has 1 fully saturated rings. The molecule has 0 bridgehead atoms. The second-order valence-electron chi connectivity index (χ2n) is 6.00. The van der Waals surface area contributed by atoms with Gasteiger partial charge in [0.15, 0.2) is 5.13 Å². The first-order valence-electron chi connectivity index (χ1n) is 8.08. The molecule has 1 aromatic heterocycles. The van der Waals surface area contributed by atoms with Crippen LogP contribution in [0.4, 0.5) is 5.13 Å². The van der Waals surface area contributed by atoms with Crippen molar-refractivity contribution >= 4 is 54.2 Å². The lowest BCUT2D eigenvalue weighted by Crippen LogP contribution is -2.43. The lowest BCUT2D eigenvalue weighted by atomic mass is 10.2. The summed E-state index contributed by atoms with van der Waals surface area (Å²) < 4.78 is 27.8. The standard InChI is InChI=1S/C16H17BrN4O4S2/c17-10-3-5-12(6-4-10)27(24,25)21-7-1-2-13(21)15(23)20-16-19-11(9-26-16)8-14(18)22/h3-6,9,13H,1-2,7-8H2,(H2,18,22)(H,19,20,23). The Bertz CT molecular complexity index is 959. The first-order chi connectivity index (χ1) is 12.8. The van der Waals surface area contributed by atoms with E-state index in [1.165, 1.54) is 16.4 Å². The monoisotopic (exact) mass is 472 g/mol. The molecule has 1 saturated heterocycles. The van der Waals surface area contributed by atoms with Crippen LogP contribution in [0.15, 0.2) is 39.0 Å². The summed E-state index contributed by atoms with van der Waals surface area (Å²) in [4.78, 5) is 27.9. The van der Waals surface area contributed by atoms with Crippen molar-refractivity contribution in [1.29, 1.82) is 0 Å². The van der Waals surface area contributed by atoms with Gasteiger partial charge >= 0.3 is 0 Å². The van der Waals surface area contributed by atoms with Crippen LogP contribution in [0.5, 0.6) is 0 Å². The Morgan fingerprint density at radius 2 is 2.04 bits per heavy atom. The highest BCUT2D eigenvalue weighted by Crippen LogP contribution is 2.28. The molecule has 11 heteroatoms. The van der Waals surface area contributed by atoms with E-state index < -0.39 is 27.9 Å². The van der Waals surface area contributed by atoms with E-state index in [-0.39, 0.29) is 17.9 Å². The van der Waals surface area contributed by atoms with Crippen molar-refractivity contribution in [2.45, 2.75) is 30.2 Å². The third-order valence-electron chi connectivity index (χ3n) is 4.06. The Morgan fingerprint density at radius 3 is 2.70 bits per heavy atom. The average molecular weight is 473 g/mol. The average Bonchev–Trinajstić information content (AvgIpc) is 3.24. The van der Waals surface area contributed by atoms with E-state index in [1.54, 1.807) is 17.5 Å². The molecule has 3 rings (SSSR count). The second-order valence-corrected chi connectivity index (χ2v) is 9.67. The number of thiazole rings is 1. The molecule has 0 aliphatic carbocycles. The van der Waals surface area contributed by atoms with Gasteiger partial charge in [0, 0.05) is 16.4 Å². The van der Waals surface area contributed by atoms with Crippen LogP contribution in [0.3, 0.4) is 0 Å². The van der Waals surface area contributed by atoms with E-state index in [4.69, 9.17) is 5.73 Å². The van der Waals surface area contributed by atoms with Gasteiger partial charge in [-0.2, -0.15) is 4.31 Å². The molecule has 27 heavy (non-hydrogen) atoms. The van der Waals surface area contributed by atoms with Gasteiger partial charge < -0.3 is 11.1 Å². The Labute approximate surface area is 168 Å². The molecular formula is C16H17BrN4O4S2. The van der Waals surface area contributed by atoms with Crippen LogP contribution in [-0.2, 0) is 26.0 Å². The van der Waals surface area contributed by atoms with Crippen molar-refractivity contribution in [3.05, 3.63) is 39.8 Å². The number of halogens is 1. The number of aromatic nitrogens is 1. The highest BCUT2D eigenvalue weighted by Gasteiger charge is 2.39. The number of rotatable bonds is 6. The van der Waals surface area contributed by atoms with Crippen molar-refractivity contribution in [2.24, 2.45) is 5.73 Å². The number of nitrogens with zero attached hydrogens (tertiary/aromatic N) is 2. The van der Waals surface area contributed by atoms with E-state index in [9.17, 15) is 18.0 Å². The fourth-order valence-electron chi connectivity index (χ4n) is 2.84. The fraction of sp³-hybridized carbons (Fsp3) is 0.312.